The first kappa shape index (κ1) is 46.2. The van der Waals surface area contributed by atoms with Gasteiger partial charge in [0.2, 0.25) is 11.8 Å². The summed E-state index contributed by atoms with van der Waals surface area (Å²) in [6, 6.07) is 23.4. The van der Waals surface area contributed by atoms with Crippen molar-refractivity contribution in [3.8, 4) is 11.3 Å². The lowest BCUT2D eigenvalue weighted by Crippen LogP contribution is -2.59. The number of aliphatic hydroxyl groups excluding tert-OH is 1. The average Bonchev–Trinajstić information content (AvgIpc) is 3.52. The fourth-order valence-electron chi connectivity index (χ4n) is 8.21. The predicted octanol–water partition coefficient (Wildman–Crippen LogP) is 6.64. The van der Waals surface area contributed by atoms with Crippen LogP contribution in [-0.4, -0.2) is 109 Å². The van der Waals surface area contributed by atoms with E-state index in [-0.39, 0.29) is 18.9 Å². The van der Waals surface area contributed by atoms with Crippen LogP contribution in [-0.2, 0) is 29.0 Å². The topological polar surface area (TPSA) is 168 Å². The molecule has 1 aliphatic heterocycles. The van der Waals surface area contributed by atoms with E-state index in [9.17, 15) is 29.4 Å². The van der Waals surface area contributed by atoms with Gasteiger partial charge in [-0.3, -0.25) is 24.5 Å². The summed E-state index contributed by atoms with van der Waals surface area (Å²) >= 11 is 0. The van der Waals surface area contributed by atoms with Gasteiger partial charge in [-0.2, -0.15) is 0 Å². The smallest absolute Gasteiger partial charge is 0.407 e. The summed E-state index contributed by atoms with van der Waals surface area (Å²) in [5, 5.41) is 28.4. The van der Waals surface area contributed by atoms with Crippen LogP contribution in [0.4, 0.5) is 9.59 Å². The molecule has 0 unspecified atom stereocenters. The predicted molar refractivity (Wildman–Crippen MR) is 237 cm³/mol. The Morgan fingerprint density at radius 3 is 2.07 bits per heavy atom. The first-order valence-electron chi connectivity index (χ1n) is 21.0. The van der Waals surface area contributed by atoms with Crippen LogP contribution in [0.5, 0.6) is 0 Å². The SMILES string of the molecule is Cc1ccc(-c2ccc(C[C@H](C[C@H](O)[C@H](Cc3ccccc3)NC(=O)[C@@H](N3CCN(Cc4cccc(C)n4)C3=O)C(C)(C)C)NC(=O)[C@@H](N(C)C(=O)O)C(C)(C)C)cc2)nc1. The van der Waals surface area contributed by atoms with Crippen molar-refractivity contribution in [1.29, 1.82) is 0 Å². The van der Waals surface area contributed by atoms with E-state index < -0.39 is 59.0 Å². The number of benzene rings is 2. The third-order valence-corrected chi connectivity index (χ3v) is 11.2. The zero-order valence-electron chi connectivity index (χ0n) is 37.1. The molecule has 0 bridgehead atoms. The van der Waals surface area contributed by atoms with Crippen LogP contribution in [0, 0.1) is 24.7 Å². The fourth-order valence-corrected chi connectivity index (χ4v) is 8.21. The van der Waals surface area contributed by atoms with Crippen LogP contribution in [0.25, 0.3) is 11.3 Å². The number of carbonyl (C=O) groups excluding carboxylic acids is 3. The Bertz CT molecular complexity index is 2120. The van der Waals surface area contributed by atoms with Gasteiger partial charge >= 0.3 is 12.1 Å². The maximum atomic E-state index is 14.6. The number of carbonyl (C=O) groups is 4. The highest BCUT2D eigenvalue weighted by molar-refractivity contribution is 5.89. The van der Waals surface area contributed by atoms with Crippen LogP contribution in [0.3, 0.4) is 0 Å². The van der Waals surface area contributed by atoms with Gasteiger partial charge in [0.25, 0.3) is 0 Å². The Balaban J connectivity index is 1.43. The Labute approximate surface area is 360 Å². The Hall–Kier alpha value is -5.82. The molecule has 5 amide bonds. The van der Waals surface area contributed by atoms with E-state index >= 15 is 0 Å². The summed E-state index contributed by atoms with van der Waals surface area (Å²) < 4.78 is 0. The molecule has 3 heterocycles. The highest BCUT2D eigenvalue weighted by atomic mass is 16.4. The average molecular weight is 834 g/mol. The van der Waals surface area contributed by atoms with Crippen molar-refractivity contribution < 1.29 is 29.4 Å². The van der Waals surface area contributed by atoms with Crippen molar-refractivity contribution >= 4 is 23.9 Å². The van der Waals surface area contributed by atoms with Gasteiger partial charge in [-0.25, -0.2) is 9.59 Å². The third-order valence-electron chi connectivity index (χ3n) is 11.2. The maximum absolute atomic E-state index is 14.6. The molecule has 13 nitrogen and oxygen atoms in total. The summed E-state index contributed by atoms with van der Waals surface area (Å²) in [5.74, 6) is -0.891. The number of pyridine rings is 2. The molecule has 5 rings (SSSR count). The molecular weight excluding hydrogens is 771 g/mol. The number of aryl methyl sites for hydroxylation is 2. The molecular formula is C48H63N7O6. The van der Waals surface area contributed by atoms with Crippen LogP contribution in [0.15, 0.2) is 91.1 Å². The number of nitrogens with zero attached hydrogens (tertiary/aromatic N) is 5. The molecule has 0 saturated carbocycles. The molecule has 0 aliphatic carbocycles. The molecule has 5 atom stereocenters. The molecule has 13 heteroatoms. The monoisotopic (exact) mass is 833 g/mol. The fraction of sp³-hybridized carbons (Fsp3) is 0.458. The summed E-state index contributed by atoms with van der Waals surface area (Å²) in [6.45, 7) is 16.2. The van der Waals surface area contributed by atoms with Crippen molar-refractivity contribution in [2.24, 2.45) is 10.8 Å². The number of aromatic nitrogens is 2. The van der Waals surface area contributed by atoms with Crippen molar-refractivity contribution in [2.45, 2.75) is 111 Å². The number of rotatable bonds is 16. The zero-order valence-corrected chi connectivity index (χ0v) is 37.1. The van der Waals surface area contributed by atoms with E-state index in [1.165, 1.54) is 7.05 Å². The standard InChI is InChI=1S/C48H63N7O6/c1-31-18-23-38(49-29-31)35-21-19-34(20-22-35)26-37(51-43(57)41(47(3,4)5)53(9)46(60)61)28-40(56)39(27-33-15-11-10-12-16-33)52-44(58)42(48(6,7)8)55-25-24-54(45(55)59)30-36-17-13-14-32(2)50-36/h10-23,29,37,39-42,56H,24-28,30H2,1-9H3,(H,51,57)(H,52,58)(H,60,61)/t37-,39+,40+,41-,42-/m1/s1. The van der Waals surface area contributed by atoms with E-state index in [4.69, 9.17) is 0 Å². The lowest BCUT2D eigenvalue weighted by atomic mass is 9.84. The van der Waals surface area contributed by atoms with E-state index in [1.807, 2.05) is 126 Å². The minimum atomic E-state index is -1.24. The quantitative estimate of drug-likeness (QED) is 0.0975. The number of likely N-dealkylation sites (N-methyl/N-ethyl adjacent to an activating group) is 1. The first-order valence-corrected chi connectivity index (χ1v) is 21.0. The van der Waals surface area contributed by atoms with Gasteiger partial charge in [-0.05, 0) is 78.8 Å². The maximum Gasteiger partial charge on any atom is 0.407 e. The highest BCUT2D eigenvalue weighted by Crippen LogP contribution is 2.30. The second-order valence-electron chi connectivity index (χ2n) is 18.5. The number of urea groups is 1. The molecule has 0 spiro atoms. The Morgan fingerprint density at radius 1 is 0.803 bits per heavy atom. The number of hydrogen-bond donors (Lipinski definition) is 4. The van der Waals surface area contributed by atoms with Crippen LogP contribution in [0.2, 0.25) is 0 Å². The minimum absolute atomic E-state index is 0.0263. The normalized spacial score (nSPS) is 15.7. The Kier molecular flexibility index (Phi) is 14.9. The van der Waals surface area contributed by atoms with Crippen LogP contribution in [0.1, 0.15) is 76.0 Å². The van der Waals surface area contributed by atoms with Gasteiger partial charge in [0.05, 0.1) is 30.1 Å². The van der Waals surface area contributed by atoms with E-state index in [1.54, 1.807) is 30.6 Å². The third kappa shape index (κ3) is 12.4. The van der Waals surface area contributed by atoms with Crippen molar-refractivity contribution in [3.63, 3.8) is 0 Å². The number of amides is 5. The molecule has 0 radical (unpaired) electrons. The number of aliphatic hydroxyl groups is 1. The summed E-state index contributed by atoms with van der Waals surface area (Å²) in [4.78, 5) is 68.3. The summed E-state index contributed by atoms with van der Waals surface area (Å²) in [7, 11) is 1.38. The van der Waals surface area contributed by atoms with Gasteiger partial charge < -0.3 is 30.6 Å². The molecule has 4 N–H and O–H groups in total. The van der Waals surface area contributed by atoms with Crippen LogP contribution >= 0.6 is 0 Å². The molecule has 61 heavy (non-hydrogen) atoms. The molecule has 4 aromatic rings. The van der Waals surface area contributed by atoms with Gasteiger partial charge in [-0.1, -0.05) is 108 Å². The first-order chi connectivity index (χ1) is 28.7. The number of nitrogens with one attached hydrogen (secondary N) is 2. The minimum Gasteiger partial charge on any atom is -0.465 e. The zero-order chi connectivity index (χ0) is 44.6. The van der Waals surface area contributed by atoms with Crippen molar-refractivity contribution in [3.05, 3.63) is 119 Å². The lowest BCUT2D eigenvalue weighted by molar-refractivity contribution is -0.131. The molecule has 2 aromatic heterocycles. The molecule has 1 aliphatic rings. The molecule has 1 fully saturated rings. The second kappa shape index (κ2) is 19.7. The highest BCUT2D eigenvalue weighted by Gasteiger charge is 2.45. The van der Waals surface area contributed by atoms with Gasteiger partial charge in [0.1, 0.15) is 12.1 Å². The van der Waals surface area contributed by atoms with Crippen LogP contribution < -0.4 is 10.6 Å². The second-order valence-corrected chi connectivity index (χ2v) is 18.5. The lowest BCUT2D eigenvalue weighted by Gasteiger charge is -2.38. The largest absolute Gasteiger partial charge is 0.465 e. The molecule has 2 aromatic carbocycles. The molecule has 1 saturated heterocycles. The van der Waals surface area contributed by atoms with E-state index in [0.717, 1.165) is 44.2 Å². The van der Waals surface area contributed by atoms with E-state index in [2.05, 4.69) is 20.6 Å². The summed E-state index contributed by atoms with van der Waals surface area (Å²) in [6.07, 6.45) is 0.00899. The van der Waals surface area contributed by atoms with E-state index in [0.29, 0.717) is 26.1 Å². The Morgan fingerprint density at radius 2 is 1.48 bits per heavy atom. The van der Waals surface area contributed by atoms with Gasteiger partial charge in [0.15, 0.2) is 0 Å². The van der Waals surface area contributed by atoms with Crippen molar-refractivity contribution in [1.82, 2.24) is 35.3 Å². The van der Waals surface area contributed by atoms with Crippen molar-refractivity contribution in [2.75, 3.05) is 20.1 Å². The van der Waals surface area contributed by atoms with Gasteiger partial charge in [0, 0.05) is 43.6 Å². The molecule has 326 valence electrons. The number of hydrogen-bond acceptors (Lipinski definition) is 7. The summed E-state index contributed by atoms with van der Waals surface area (Å²) in [5.41, 5.74) is 4.75. The number of carboxylic acid groups (broad SMARTS) is 1. The van der Waals surface area contributed by atoms with Gasteiger partial charge in [-0.15, -0.1) is 0 Å².